The SMILES string of the molecule is O=C(O)Cc1cccc2[nH]c(NP(=O)(O)Cc3ccccc3)cc12. The molecule has 1 heterocycles. The van der Waals surface area contributed by atoms with Crippen LogP contribution in [0.1, 0.15) is 11.1 Å². The molecule has 124 valence electrons. The minimum atomic E-state index is -3.63. The molecule has 0 aliphatic heterocycles. The number of benzene rings is 2. The third-order valence-electron chi connectivity index (χ3n) is 3.63. The number of carboxylic acid groups (broad SMARTS) is 1. The lowest BCUT2D eigenvalue weighted by molar-refractivity contribution is -0.136. The lowest BCUT2D eigenvalue weighted by Crippen LogP contribution is -2.00. The van der Waals surface area contributed by atoms with Gasteiger partial charge in [-0.1, -0.05) is 42.5 Å². The summed E-state index contributed by atoms with van der Waals surface area (Å²) in [6.07, 6.45) is -0.0966. The minimum Gasteiger partial charge on any atom is -0.481 e. The first-order chi connectivity index (χ1) is 11.4. The number of nitrogens with one attached hydrogen (secondary N) is 2. The molecule has 2 aromatic carbocycles. The molecule has 0 fully saturated rings. The van der Waals surface area contributed by atoms with Crippen molar-refractivity contribution in [2.75, 3.05) is 5.09 Å². The van der Waals surface area contributed by atoms with Crippen LogP contribution in [0.25, 0.3) is 10.9 Å². The van der Waals surface area contributed by atoms with E-state index in [0.717, 1.165) is 16.5 Å². The Kier molecular flexibility index (Phi) is 4.42. The van der Waals surface area contributed by atoms with Crippen LogP contribution in [0.3, 0.4) is 0 Å². The molecule has 1 atom stereocenters. The molecule has 0 bridgehead atoms. The van der Waals surface area contributed by atoms with Gasteiger partial charge < -0.3 is 20.1 Å². The molecule has 0 radical (unpaired) electrons. The molecule has 0 aliphatic carbocycles. The fourth-order valence-electron chi connectivity index (χ4n) is 2.65. The summed E-state index contributed by atoms with van der Waals surface area (Å²) >= 11 is 0. The second kappa shape index (κ2) is 6.51. The number of hydrogen-bond donors (Lipinski definition) is 4. The maximum absolute atomic E-state index is 12.4. The Morgan fingerprint density at radius 3 is 2.58 bits per heavy atom. The van der Waals surface area contributed by atoms with E-state index in [0.29, 0.717) is 11.4 Å². The molecule has 3 rings (SSSR count). The molecule has 24 heavy (non-hydrogen) atoms. The fourth-order valence-corrected chi connectivity index (χ4v) is 3.94. The molecule has 6 nitrogen and oxygen atoms in total. The second-order valence-corrected chi connectivity index (χ2v) is 7.53. The zero-order valence-electron chi connectivity index (χ0n) is 12.8. The largest absolute Gasteiger partial charge is 0.481 e. The highest BCUT2D eigenvalue weighted by Gasteiger charge is 2.20. The molecule has 1 unspecified atom stereocenters. The standard InChI is InChI=1S/C17H17N2O4P/c20-17(21)9-13-7-4-8-15-14(13)10-16(18-15)19-24(22,23)11-12-5-2-1-3-6-12/h1-8,10,18H,9,11H2,(H,20,21)(H2,19,22,23). The van der Waals surface area contributed by atoms with E-state index >= 15 is 0 Å². The Labute approximate surface area is 138 Å². The Hall–Kier alpha value is -2.56. The normalized spacial score (nSPS) is 13.5. The van der Waals surface area contributed by atoms with Crippen molar-refractivity contribution < 1.29 is 19.4 Å². The zero-order chi connectivity index (χ0) is 17.2. The first kappa shape index (κ1) is 16.3. The molecule has 4 N–H and O–H groups in total. The summed E-state index contributed by atoms with van der Waals surface area (Å²) < 4.78 is 12.4. The number of fused-ring (bicyclic) bond motifs is 1. The summed E-state index contributed by atoms with van der Waals surface area (Å²) in [5.74, 6) is -0.528. The highest BCUT2D eigenvalue weighted by Crippen LogP contribution is 2.44. The van der Waals surface area contributed by atoms with Gasteiger partial charge in [-0.15, -0.1) is 0 Å². The number of aliphatic carboxylic acids is 1. The molecule has 1 aromatic heterocycles. The van der Waals surface area contributed by atoms with E-state index in [-0.39, 0.29) is 12.6 Å². The molecule has 0 saturated carbocycles. The van der Waals surface area contributed by atoms with Gasteiger partial charge in [-0.2, -0.15) is 0 Å². The van der Waals surface area contributed by atoms with Gasteiger partial charge in [0.25, 0.3) is 7.52 Å². The highest BCUT2D eigenvalue weighted by molar-refractivity contribution is 7.58. The van der Waals surface area contributed by atoms with E-state index in [1.165, 1.54) is 0 Å². The van der Waals surface area contributed by atoms with Crippen molar-refractivity contribution in [2.24, 2.45) is 0 Å². The van der Waals surface area contributed by atoms with Crippen molar-refractivity contribution in [1.82, 2.24) is 4.98 Å². The number of rotatable bonds is 6. The Bertz CT molecular complexity index is 921. The molecular weight excluding hydrogens is 327 g/mol. The van der Waals surface area contributed by atoms with Gasteiger partial charge in [0.15, 0.2) is 0 Å². The number of carboxylic acids is 1. The highest BCUT2D eigenvalue weighted by atomic mass is 31.2. The van der Waals surface area contributed by atoms with Crippen LogP contribution >= 0.6 is 7.52 Å². The number of carbonyl (C=O) groups is 1. The molecule has 0 spiro atoms. The maximum Gasteiger partial charge on any atom is 0.307 e. The number of aromatic nitrogens is 1. The Morgan fingerprint density at radius 2 is 1.88 bits per heavy atom. The molecular formula is C17H17N2O4P. The number of aromatic amines is 1. The number of anilines is 1. The van der Waals surface area contributed by atoms with Crippen LogP contribution in [0.5, 0.6) is 0 Å². The van der Waals surface area contributed by atoms with Crippen LogP contribution in [0.4, 0.5) is 5.82 Å². The first-order valence-corrected chi connectivity index (χ1v) is 9.24. The van der Waals surface area contributed by atoms with Gasteiger partial charge in [-0.3, -0.25) is 9.36 Å². The van der Waals surface area contributed by atoms with Crippen molar-refractivity contribution in [3.8, 4) is 0 Å². The predicted molar refractivity (Wildman–Crippen MR) is 93.2 cm³/mol. The Morgan fingerprint density at radius 1 is 1.12 bits per heavy atom. The summed E-state index contributed by atoms with van der Waals surface area (Å²) in [6.45, 7) is 0. The number of hydrogen-bond acceptors (Lipinski definition) is 2. The first-order valence-electron chi connectivity index (χ1n) is 7.39. The van der Waals surface area contributed by atoms with Gasteiger partial charge >= 0.3 is 5.97 Å². The van der Waals surface area contributed by atoms with E-state index < -0.39 is 13.5 Å². The van der Waals surface area contributed by atoms with Gasteiger partial charge in [-0.25, -0.2) is 0 Å². The van der Waals surface area contributed by atoms with Gasteiger partial charge in [0.05, 0.1) is 12.6 Å². The van der Waals surface area contributed by atoms with E-state index in [1.807, 2.05) is 18.2 Å². The molecule has 7 heteroatoms. The van der Waals surface area contributed by atoms with Crippen molar-refractivity contribution in [3.63, 3.8) is 0 Å². The average Bonchev–Trinajstić information content (AvgIpc) is 2.89. The molecule has 3 aromatic rings. The van der Waals surface area contributed by atoms with Crippen LogP contribution in [0, 0.1) is 0 Å². The summed E-state index contributed by atoms with van der Waals surface area (Å²) in [4.78, 5) is 24.1. The number of H-pyrrole nitrogens is 1. The van der Waals surface area contributed by atoms with Gasteiger partial charge in [0.2, 0.25) is 0 Å². The monoisotopic (exact) mass is 344 g/mol. The summed E-state index contributed by atoms with van der Waals surface area (Å²) in [6, 6.07) is 16.0. The average molecular weight is 344 g/mol. The lowest BCUT2D eigenvalue weighted by atomic mass is 10.1. The van der Waals surface area contributed by atoms with E-state index in [1.54, 1.807) is 36.4 Å². The van der Waals surface area contributed by atoms with E-state index in [9.17, 15) is 14.3 Å². The van der Waals surface area contributed by atoms with Crippen LogP contribution in [0.2, 0.25) is 0 Å². The molecule has 0 amide bonds. The molecule has 0 aliphatic rings. The topological polar surface area (TPSA) is 102 Å². The maximum atomic E-state index is 12.4. The van der Waals surface area contributed by atoms with Crippen LogP contribution < -0.4 is 5.09 Å². The summed E-state index contributed by atoms with van der Waals surface area (Å²) in [7, 11) is -3.63. The quantitative estimate of drug-likeness (QED) is 0.512. The fraction of sp³-hybridized carbons (Fsp3) is 0.118. The Balaban J connectivity index is 1.84. The van der Waals surface area contributed by atoms with Crippen molar-refractivity contribution in [2.45, 2.75) is 12.6 Å². The lowest BCUT2D eigenvalue weighted by Gasteiger charge is -2.13. The van der Waals surface area contributed by atoms with Crippen LogP contribution in [0.15, 0.2) is 54.6 Å². The molecule has 0 saturated heterocycles. The van der Waals surface area contributed by atoms with Crippen LogP contribution in [-0.2, 0) is 21.9 Å². The third-order valence-corrected chi connectivity index (χ3v) is 5.02. The zero-order valence-corrected chi connectivity index (χ0v) is 13.7. The van der Waals surface area contributed by atoms with Gasteiger partial charge in [0.1, 0.15) is 5.82 Å². The van der Waals surface area contributed by atoms with Crippen molar-refractivity contribution >= 4 is 30.2 Å². The van der Waals surface area contributed by atoms with Gasteiger partial charge in [0, 0.05) is 10.9 Å². The second-order valence-electron chi connectivity index (χ2n) is 5.59. The minimum absolute atomic E-state index is 0.00515. The van der Waals surface area contributed by atoms with Crippen molar-refractivity contribution in [3.05, 3.63) is 65.7 Å². The summed E-state index contributed by atoms with van der Waals surface area (Å²) in [5, 5.41) is 12.3. The van der Waals surface area contributed by atoms with E-state index in [4.69, 9.17) is 5.11 Å². The predicted octanol–water partition coefficient (Wildman–Crippen LogP) is 3.59. The van der Waals surface area contributed by atoms with Gasteiger partial charge in [-0.05, 0) is 23.3 Å². The summed E-state index contributed by atoms with van der Waals surface area (Å²) in [5.41, 5.74) is 2.13. The van der Waals surface area contributed by atoms with Crippen LogP contribution in [-0.4, -0.2) is 21.0 Å². The van der Waals surface area contributed by atoms with Crippen molar-refractivity contribution in [1.29, 1.82) is 0 Å². The third kappa shape index (κ3) is 3.85. The smallest absolute Gasteiger partial charge is 0.307 e. The van der Waals surface area contributed by atoms with E-state index in [2.05, 4.69) is 10.1 Å².